The third kappa shape index (κ3) is 4.71. The standard InChI is InChI=1S/C29H20F2N6O3/c1-35-16-19(15-33-35)18-13-27(25-10-11-32-37(25)17-18)40-26-9-6-21(14-24(26)31)34-28(38)23-3-2-12-36(29(23)39)22-7-4-20(30)5-8-22/h2-17H,1H3,(H,34,38). The lowest BCUT2D eigenvalue weighted by atomic mass is 10.1. The zero-order valence-electron chi connectivity index (χ0n) is 21.0. The van der Waals surface area contributed by atoms with Crippen molar-refractivity contribution in [1.29, 1.82) is 0 Å². The first-order valence-electron chi connectivity index (χ1n) is 12.1. The molecule has 0 saturated heterocycles. The third-order valence-corrected chi connectivity index (χ3v) is 6.22. The molecule has 40 heavy (non-hydrogen) atoms. The predicted molar refractivity (Wildman–Crippen MR) is 144 cm³/mol. The number of halogens is 2. The second-order valence-corrected chi connectivity index (χ2v) is 8.93. The number of pyridine rings is 2. The summed E-state index contributed by atoms with van der Waals surface area (Å²) in [6.07, 6.45) is 8.44. The van der Waals surface area contributed by atoms with E-state index in [1.54, 1.807) is 33.7 Å². The summed E-state index contributed by atoms with van der Waals surface area (Å²) in [6, 6.07) is 15.6. The second kappa shape index (κ2) is 9.95. The highest BCUT2D eigenvalue weighted by Gasteiger charge is 2.16. The van der Waals surface area contributed by atoms with Crippen LogP contribution in [0.4, 0.5) is 14.5 Å². The van der Waals surface area contributed by atoms with E-state index >= 15 is 4.39 Å². The largest absolute Gasteiger partial charge is 0.452 e. The molecule has 6 aromatic rings. The number of anilines is 1. The van der Waals surface area contributed by atoms with Crippen LogP contribution in [0, 0.1) is 11.6 Å². The smallest absolute Gasteiger partial charge is 0.267 e. The van der Waals surface area contributed by atoms with Gasteiger partial charge in [0.05, 0.1) is 12.4 Å². The summed E-state index contributed by atoms with van der Waals surface area (Å²) in [5, 5.41) is 11.0. The van der Waals surface area contributed by atoms with Gasteiger partial charge in [-0.05, 0) is 60.7 Å². The molecule has 0 saturated carbocycles. The number of nitrogens with zero attached hydrogens (tertiary/aromatic N) is 5. The number of carbonyl (C=O) groups is 1. The van der Waals surface area contributed by atoms with E-state index in [1.807, 2.05) is 19.4 Å². The molecule has 0 spiro atoms. The molecule has 2 aromatic carbocycles. The van der Waals surface area contributed by atoms with Crippen LogP contribution in [0.1, 0.15) is 10.4 Å². The van der Waals surface area contributed by atoms with Gasteiger partial charge in [0.2, 0.25) is 0 Å². The lowest BCUT2D eigenvalue weighted by molar-refractivity contribution is 0.102. The molecule has 0 radical (unpaired) electrons. The fourth-order valence-corrected chi connectivity index (χ4v) is 4.26. The van der Waals surface area contributed by atoms with Crippen molar-refractivity contribution in [3.05, 3.63) is 125 Å². The highest BCUT2D eigenvalue weighted by atomic mass is 19.1. The fourth-order valence-electron chi connectivity index (χ4n) is 4.26. The SMILES string of the molecule is Cn1cc(-c2cc(Oc3ccc(NC(=O)c4cccn(-c5ccc(F)cc5)c4=O)cc3F)c3ccnn3c2)cn1. The Bertz CT molecular complexity index is 1940. The van der Waals surface area contributed by atoms with Gasteiger partial charge in [-0.15, -0.1) is 0 Å². The van der Waals surface area contributed by atoms with Gasteiger partial charge in [0, 0.05) is 54.2 Å². The minimum atomic E-state index is -0.723. The van der Waals surface area contributed by atoms with Crippen molar-refractivity contribution in [2.75, 3.05) is 5.32 Å². The number of fused-ring (bicyclic) bond motifs is 1. The molecule has 4 heterocycles. The van der Waals surface area contributed by atoms with Crippen molar-refractivity contribution in [2.45, 2.75) is 0 Å². The number of aryl methyl sites for hydroxylation is 1. The fraction of sp³-hybridized carbons (Fsp3) is 0.0345. The zero-order chi connectivity index (χ0) is 27.8. The van der Waals surface area contributed by atoms with Gasteiger partial charge in [-0.1, -0.05) is 0 Å². The van der Waals surface area contributed by atoms with Gasteiger partial charge >= 0.3 is 0 Å². The zero-order valence-corrected chi connectivity index (χ0v) is 21.0. The van der Waals surface area contributed by atoms with Gasteiger partial charge in [-0.2, -0.15) is 10.2 Å². The van der Waals surface area contributed by atoms with Crippen molar-refractivity contribution < 1.29 is 18.3 Å². The normalized spacial score (nSPS) is 11.1. The van der Waals surface area contributed by atoms with Gasteiger partial charge in [-0.3, -0.25) is 18.8 Å². The van der Waals surface area contributed by atoms with Crippen LogP contribution < -0.4 is 15.6 Å². The van der Waals surface area contributed by atoms with E-state index in [1.165, 1.54) is 59.3 Å². The van der Waals surface area contributed by atoms with E-state index < -0.39 is 23.1 Å². The molecule has 9 nitrogen and oxygen atoms in total. The Morgan fingerprint density at radius 1 is 0.925 bits per heavy atom. The van der Waals surface area contributed by atoms with Crippen LogP contribution in [0.15, 0.2) is 103 Å². The molecule has 0 atom stereocenters. The monoisotopic (exact) mass is 538 g/mol. The molecule has 1 amide bonds. The molecule has 6 rings (SSSR count). The maximum absolute atomic E-state index is 15.1. The van der Waals surface area contributed by atoms with Gasteiger partial charge in [0.25, 0.3) is 11.5 Å². The Morgan fingerprint density at radius 2 is 1.75 bits per heavy atom. The lowest BCUT2D eigenvalue weighted by Crippen LogP contribution is -2.27. The average molecular weight is 539 g/mol. The number of ether oxygens (including phenoxy) is 1. The summed E-state index contributed by atoms with van der Waals surface area (Å²) in [7, 11) is 1.81. The van der Waals surface area contributed by atoms with Crippen LogP contribution in [0.2, 0.25) is 0 Å². The van der Waals surface area contributed by atoms with Crippen molar-refractivity contribution in [2.24, 2.45) is 7.05 Å². The Hall–Kier alpha value is -5.58. The topological polar surface area (TPSA) is 95.4 Å². The summed E-state index contributed by atoms with van der Waals surface area (Å²) in [6.45, 7) is 0. The summed E-state index contributed by atoms with van der Waals surface area (Å²) in [4.78, 5) is 25.8. The maximum atomic E-state index is 15.1. The molecular formula is C29H20F2N6O3. The molecule has 11 heteroatoms. The van der Waals surface area contributed by atoms with Crippen LogP contribution in [-0.4, -0.2) is 29.9 Å². The van der Waals surface area contributed by atoms with Gasteiger partial charge in [0.1, 0.15) is 16.9 Å². The highest BCUT2D eigenvalue weighted by Crippen LogP contribution is 2.33. The first-order valence-corrected chi connectivity index (χ1v) is 12.1. The number of benzene rings is 2. The molecule has 1 N–H and O–H groups in total. The Kier molecular flexibility index (Phi) is 6.15. The van der Waals surface area contributed by atoms with Gasteiger partial charge in [-0.25, -0.2) is 13.3 Å². The van der Waals surface area contributed by atoms with Crippen molar-refractivity contribution in [3.8, 4) is 28.3 Å². The van der Waals surface area contributed by atoms with E-state index in [2.05, 4.69) is 15.5 Å². The lowest BCUT2D eigenvalue weighted by Gasteiger charge is -2.12. The first kappa shape index (κ1) is 24.7. The van der Waals surface area contributed by atoms with E-state index in [9.17, 15) is 14.0 Å². The van der Waals surface area contributed by atoms with Crippen LogP contribution in [0.3, 0.4) is 0 Å². The van der Waals surface area contributed by atoms with Crippen LogP contribution >= 0.6 is 0 Å². The third-order valence-electron chi connectivity index (χ3n) is 6.22. The molecule has 198 valence electrons. The second-order valence-electron chi connectivity index (χ2n) is 8.93. The molecule has 0 bridgehead atoms. The van der Waals surface area contributed by atoms with Crippen LogP contribution in [-0.2, 0) is 7.05 Å². The summed E-state index contributed by atoms with van der Waals surface area (Å²) < 4.78 is 38.9. The summed E-state index contributed by atoms with van der Waals surface area (Å²) >= 11 is 0. The first-order chi connectivity index (χ1) is 19.4. The minimum absolute atomic E-state index is 0.0668. The number of nitrogens with one attached hydrogen (secondary N) is 1. The van der Waals surface area contributed by atoms with Crippen molar-refractivity contribution in [1.82, 2.24) is 24.0 Å². The number of aromatic nitrogens is 5. The van der Waals surface area contributed by atoms with E-state index in [0.717, 1.165) is 17.2 Å². The number of carbonyl (C=O) groups excluding carboxylic acids is 1. The van der Waals surface area contributed by atoms with Crippen molar-refractivity contribution in [3.63, 3.8) is 0 Å². The number of rotatable bonds is 6. The summed E-state index contributed by atoms with van der Waals surface area (Å²) in [5.41, 5.74) is 2.00. The number of hydrogen-bond acceptors (Lipinski definition) is 5. The molecule has 4 aromatic heterocycles. The Balaban J connectivity index is 1.25. The van der Waals surface area contributed by atoms with Gasteiger partial charge < -0.3 is 10.1 Å². The predicted octanol–water partition coefficient (Wildman–Crippen LogP) is 5.21. The molecule has 0 fully saturated rings. The van der Waals surface area contributed by atoms with Crippen molar-refractivity contribution >= 4 is 17.1 Å². The minimum Gasteiger partial charge on any atom is -0.452 e. The van der Waals surface area contributed by atoms with E-state index in [-0.39, 0.29) is 17.0 Å². The van der Waals surface area contributed by atoms with Crippen LogP contribution in [0.25, 0.3) is 22.3 Å². The molecule has 0 aliphatic heterocycles. The highest BCUT2D eigenvalue weighted by molar-refractivity contribution is 6.04. The molecule has 0 aliphatic carbocycles. The van der Waals surface area contributed by atoms with E-state index in [0.29, 0.717) is 17.0 Å². The number of amides is 1. The van der Waals surface area contributed by atoms with E-state index in [4.69, 9.17) is 4.74 Å². The molecule has 0 unspecified atom stereocenters. The Labute approximate surface area is 225 Å². The molecular weight excluding hydrogens is 518 g/mol. The molecule has 0 aliphatic rings. The number of hydrogen-bond donors (Lipinski definition) is 1. The maximum Gasteiger partial charge on any atom is 0.267 e. The average Bonchev–Trinajstić information content (AvgIpc) is 3.60. The van der Waals surface area contributed by atoms with Gasteiger partial charge in [0.15, 0.2) is 17.3 Å². The van der Waals surface area contributed by atoms with Crippen LogP contribution in [0.5, 0.6) is 11.5 Å². The quantitative estimate of drug-likeness (QED) is 0.314. The summed E-state index contributed by atoms with van der Waals surface area (Å²) in [5.74, 6) is -1.59. The Morgan fingerprint density at radius 3 is 2.50 bits per heavy atom.